The second-order valence-corrected chi connectivity index (χ2v) is 40.5. The number of carbonyl (C=O) groups is 2. The molecule has 0 atom stereocenters. The Hall–Kier alpha value is -5.47. The number of hydrogen-bond donors (Lipinski definition) is 7. The molecule has 652 valence electrons. The Kier molecular flexibility index (Phi) is 42.1. The van der Waals surface area contributed by atoms with Crippen molar-refractivity contribution in [2.75, 3.05) is 95.0 Å². The third-order valence-corrected chi connectivity index (χ3v) is 25.6. The lowest BCUT2D eigenvalue weighted by molar-refractivity contribution is -0.127. The summed E-state index contributed by atoms with van der Waals surface area (Å²) in [7, 11) is 0. The molecule has 118 heavy (non-hydrogen) atoms. The van der Waals surface area contributed by atoms with Crippen LogP contribution in [0.5, 0.6) is 0 Å². The minimum atomic E-state index is -3.22. The zero-order valence-corrected chi connectivity index (χ0v) is 74.4. The second-order valence-electron chi connectivity index (χ2n) is 32.8. The van der Waals surface area contributed by atoms with Crippen molar-refractivity contribution in [1.29, 1.82) is 0 Å². The molecule has 4 saturated carbocycles. The number of nitrogens with two attached hydrogens (primary N) is 2. The van der Waals surface area contributed by atoms with Crippen LogP contribution in [0.3, 0.4) is 0 Å². The number of para-hydroxylation sites is 8. The Morgan fingerprint density at radius 1 is 0.432 bits per heavy atom. The number of likely N-dealkylation sites (tertiary alicyclic amines) is 4. The van der Waals surface area contributed by atoms with E-state index in [-0.39, 0.29) is 47.6 Å². The zero-order valence-electron chi connectivity index (χ0n) is 68.9. The van der Waals surface area contributed by atoms with Gasteiger partial charge in [0.15, 0.2) is 11.0 Å². The summed E-state index contributed by atoms with van der Waals surface area (Å²) in [6, 6.07) is 35.6. The highest BCUT2D eigenvalue weighted by atomic mass is 36.0. The molecule has 23 nitrogen and oxygen atoms in total. The van der Waals surface area contributed by atoms with Gasteiger partial charge in [0.25, 0.3) is 11.1 Å². The molecule has 3 aromatic heterocycles. The lowest BCUT2D eigenvalue weighted by Gasteiger charge is -2.39. The van der Waals surface area contributed by atoms with Gasteiger partial charge >= 0.3 is 26.8 Å². The summed E-state index contributed by atoms with van der Waals surface area (Å²) < 4.78 is 15.1. The maximum absolute atomic E-state index is 13.2. The largest absolute Gasteiger partial charge is 0.397 e. The number of fused-ring (bicyclic) bond motifs is 3. The van der Waals surface area contributed by atoms with Crippen LogP contribution in [0.25, 0.3) is 33.1 Å². The molecule has 0 spiro atoms. The van der Waals surface area contributed by atoms with Crippen molar-refractivity contribution in [2.45, 2.75) is 279 Å². The maximum atomic E-state index is 13.2. The van der Waals surface area contributed by atoms with Crippen molar-refractivity contribution >= 4 is 135 Å². The highest BCUT2D eigenvalue weighted by Crippen LogP contribution is 2.61. The minimum Gasteiger partial charge on any atom is -0.397 e. The van der Waals surface area contributed by atoms with Crippen LogP contribution in [0, 0.1) is 0 Å². The molecule has 4 saturated heterocycles. The fraction of sp³-hybridized carbons (Fsp3) is 0.636. The van der Waals surface area contributed by atoms with Gasteiger partial charge in [-0.15, -0.1) is 0 Å². The number of nitrogens with one attached hydrogen (secondary N) is 3. The van der Waals surface area contributed by atoms with Gasteiger partial charge in [-0.1, -0.05) is 189 Å². The van der Waals surface area contributed by atoms with E-state index in [4.69, 9.17) is 33.3 Å². The molecule has 7 heterocycles. The smallest absolute Gasteiger partial charge is 0.339 e. The van der Waals surface area contributed by atoms with Crippen LogP contribution in [-0.2, 0) is 14.2 Å². The number of aliphatic hydroxyl groups excluding tert-OH is 2. The van der Waals surface area contributed by atoms with Crippen LogP contribution in [0.4, 0.5) is 17.2 Å². The Balaban J connectivity index is 0.000000170. The van der Waals surface area contributed by atoms with Crippen LogP contribution < -0.4 is 44.3 Å². The van der Waals surface area contributed by atoms with Crippen LogP contribution >= 0.6 is 73.7 Å². The van der Waals surface area contributed by atoms with Crippen molar-refractivity contribution in [3.63, 3.8) is 0 Å². The van der Waals surface area contributed by atoms with Crippen LogP contribution in [0.15, 0.2) is 116 Å². The fourth-order valence-corrected chi connectivity index (χ4v) is 19.0. The molecule has 8 fully saturated rings. The van der Waals surface area contributed by atoms with E-state index in [2.05, 4.69) is 114 Å². The van der Waals surface area contributed by atoms with Crippen LogP contribution in [0.2, 0.25) is 5.15 Å². The minimum absolute atomic E-state index is 0.0201. The Labute approximate surface area is 726 Å². The first-order chi connectivity index (χ1) is 57.1. The number of nitrogens with zero attached hydrogens (tertiary/aromatic N) is 9. The number of aromatic amines is 1. The van der Waals surface area contributed by atoms with E-state index < -0.39 is 26.8 Å². The first-order valence-corrected chi connectivity index (χ1v) is 49.4. The number of aliphatic hydroxyl groups is 2. The van der Waals surface area contributed by atoms with Gasteiger partial charge in [-0.25, -0.2) is 9.97 Å². The van der Waals surface area contributed by atoms with E-state index in [1.165, 1.54) is 206 Å². The Morgan fingerprint density at radius 3 is 1.13 bits per heavy atom. The van der Waals surface area contributed by atoms with Gasteiger partial charge in [-0.2, -0.15) is 0 Å². The number of rotatable bonds is 14. The maximum Gasteiger partial charge on any atom is 0.339 e. The fourth-order valence-electron chi connectivity index (χ4n) is 18.8. The van der Waals surface area contributed by atoms with Gasteiger partial charge in [-0.3, -0.25) is 37.9 Å². The van der Waals surface area contributed by atoms with Gasteiger partial charge in [0.2, 0.25) is 0 Å². The van der Waals surface area contributed by atoms with E-state index in [0.717, 1.165) is 140 Å². The van der Waals surface area contributed by atoms with E-state index in [1.54, 1.807) is 4.57 Å². The second kappa shape index (κ2) is 51.6. The van der Waals surface area contributed by atoms with E-state index in [0.29, 0.717) is 31.0 Å². The molecule has 4 aliphatic heterocycles. The molecule has 0 bridgehead atoms. The van der Waals surface area contributed by atoms with Gasteiger partial charge in [0.1, 0.15) is 0 Å². The summed E-state index contributed by atoms with van der Waals surface area (Å²) in [6.07, 6.45) is 47.1. The summed E-state index contributed by atoms with van der Waals surface area (Å²) in [6.45, 7) is 9.63. The monoisotopic (exact) mass is 1770 g/mol. The molecule has 15 rings (SSSR count). The molecule has 0 amide bonds. The number of nitrogen functional groups attached to an aromatic ring is 1. The van der Waals surface area contributed by atoms with Crippen molar-refractivity contribution in [3.05, 3.63) is 144 Å². The quantitative estimate of drug-likeness (QED) is 0.0230. The lowest BCUT2D eigenvalue weighted by Crippen LogP contribution is -2.45. The first-order valence-electron chi connectivity index (χ1n) is 43.9. The number of halogens is 6. The Morgan fingerprint density at radius 2 is 0.754 bits per heavy atom. The average Bonchev–Trinajstić information content (AvgIpc) is 0.783. The molecular weight excluding hydrogens is 1640 g/mol. The summed E-state index contributed by atoms with van der Waals surface area (Å²) in [5.41, 5.74) is 16.7. The van der Waals surface area contributed by atoms with Crippen LogP contribution in [0.1, 0.15) is 249 Å². The highest BCUT2D eigenvalue weighted by Gasteiger charge is 2.33. The summed E-state index contributed by atoms with van der Waals surface area (Å²) in [5.74, 6) is 0.347. The summed E-state index contributed by atoms with van der Waals surface area (Å²) in [5, 5.41) is 18.1. The predicted octanol–water partition coefficient (Wildman–Crippen LogP) is 18.3. The number of piperidine rings is 4. The van der Waals surface area contributed by atoms with E-state index in [1.807, 2.05) is 94.1 Å². The van der Waals surface area contributed by atoms with Gasteiger partial charge in [0, 0.05) is 114 Å². The molecule has 9 N–H and O–H groups in total. The highest BCUT2D eigenvalue weighted by molar-refractivity contribution is 8.24. The molecule has 4 aliphatic carbocycles. The average molecular weight is 1770 g/mol. The summed E-state index contributed by atoms with van der Waals surface area (Å²) >= 11 is 29.0. The van der Waals surface area contributed by atoms with Crippen molar-refractivity contribution < 1.29 is 24.4 Å². The van der Waals surface area contributed by atoms with Crippen molar-refractivity contribution in [1.82, 2.24) is 48.3 Å². The molecule has 4 aromatic carbocycles. The van der Waals surface area contributed by atoms with Crippen molar-refractivity contribution in [2.24, 2.45) is 5.73 Å². The predicted molar refractivity (Wildman–Crippen MR) is 487 cm³/mol. The SMILES string of the molecule is NCCO.Nc1ccccc1NC1CCN(C2CCCCCCC2)CC1.O=C(Cl)C(=O)Cl.O=P(Cl)(Cl)Cl.O=c1[nH]c2ccccc2n(C2CCN(C3CCCCCCC3)CC2)c1=O.O=c1c(Cl)nc2ccccc2n1C1CCN(C2CCCCCCC2)CC1.O=c1c(NCCO)nc2ccccc2n1C1CCN(C2CCCCCCC2)CC1. The molecule has 0 unspecified atom stereocenters. The molecular formula is C88H129Cl6N14O9P. The molecule has 30 heteroatoms. The third kappa shape index (κ3) is 30.8. The number of aromatic nitrogens is 6. The van der Waals surface area contributed by atoms with E-state index >= 15 is 0 Å². The van der Waals surface area contributed by atoms with Gasteiger partial charge in [-0.05, 0) is 208 Å². The molecule has 7 aromatic rings. The number of benzene rings is 4. The summed E-state index contributed by atoms with van der Waals surface area (Å²) in [4.78, 5) is 91.6. The number of H-pyrrole nitrogens is 1. The molecule has 0 radical (unpaired) electrons. The zero-order chi connectivity index (χ0) is 84.2. The normalized spacial score (nSPS) is 19.9. The Bertz CT molecular complexity index is 4430. The standard InChI is InChI=1S/C23H34N4O2.C21H28ClN3O.C21H29N3O2.C19H31N3.C2Cl2O2.C2H7NO.Cl3OP/c28-17-14-24-22-23(29)27(21-11-7-6-10-20(21)25-22)19-12-15-26(16-13-19)18-8-4-2-1-3-5-9-18;22-20-21(26)25(19-11-7-6-10-18(19)23-20)17-12-14-24(15-13-17)16-8-4-2-1-3-5-9-16;25-20-21(26)24(19-11-7-6-10-18(19)22-20)17-12-14-23(15-13-17)16-8-4-2-1-3-5-9-16;20-18-10-6-7-11-19(18)21-16-12-14-22(15-13-16)17-8-4-2-1-3-5-9-17;3-1(5)2(4)6;3-1-2-4;1-5(2,3)4/h6-7,10-11,18-19,28H,1-5,8-9,12-17H2,(H,24,25);6-7,10-11,16-17H,1-5,8-9,12-15H2;6-7,10-11,16-17H,1-5,8-9,12-15H2,(H,22,25);6-7,10-11,16-17,21H,1-5,8-9,12-15,20H2;;4H,1-3H2;. The topological polar surface area (TPSA) is 305 Å². The molecule has 8 aliphatic rings. The van der Waals surface area contributed by atoms with Crippen LogP contribution in [-0.4, -0.2) is 178 Å². The van der Waals surface area contributed by atoms with Gasteiger partial charge < -0.3 is 66.0 Å². The van der Waals surface area contributed by atoms with Gasteiger partial charge in [0.05, 0.1) is 57.7 Å². The third-order valence-electron chi connectivity index (χ3n) is 24.9. The number of carbonyl (C=O) groups excluding carboxylic acids is 2. The van der Waals surface area contributed by atoms with Crippen molar-refractivity contribution in [3.8, 4) is 0 Å². The first kappa shape index (κ1) is 96.4. The number of hydrogen-bond acceptors (Lipinski definition) is 19. The number of anilines is 3. The lowest BCUT2D eigenvalue weighted by atomic mass is 9.93. The van der Waals surface area contributed by atoms with E-state index in [9.17, 15) is 33.3 Å².